The molecule has 2 heteroatoms. The van der Waals surface area contributed by atoms with Crippen LogP contribution in [-0.2, 0) is 4.79 Å². The Morgan fingerprint density at radius 1 is 0.739 bits per heavy atom. The molecular formula is C21H18O2. The number of rotatable bonds is 4. The van der Waals surface area contributed by atoms with Crippen molar-refractivity contribution in [3.05, 3.63) is 102 Å². The summed E-state index contributed by atoms with van der Waals surface area (Å²) in [5.41, 5.74) is 2.99. The minimum Gasteiger partial charge on any atom is -0.426 e. The van der Waals surface area contributed by atoms with Gasteiger partial charge in [0.15, 0.2) is 0 Å². The van der Waals surface area contributed by atoms with Gasteiger partial charge in [0.05, 0.1) is 0 Å². The van der Waals surface area contributed by atoms with Crippen molar-refractivity contribution in [3.63, 3.8) is 0 Å². The summed E-state index contributed by atoms with van der Waals surface area (Å²) in [6.07, 6.45) is 0. The van der Waals surface area contributed by atoms with E-state index in [4.69, 9.17) is 4.74 Å². The van der Waals surface area contributed by atoms with Gasteiger partial charge < -0.3 is 4.74 Å². The highest BCUT2D eigenvalue weighted by Crippen LogP contribution is 2.27. The molecule has 0 atom stereocenters. The Hall–Kier alpha value is -2.87. The molecule has 0 fully saturated rings. The van der Waals surface area contributed by atoms with Crippen molar-refractivity contribution in [1.29, 1.82) is 0 Å². The van der Waals surface area contributed by atoms with E-state index in [2.05, 4.69) is 0 Å². The summed E-state index contributed by atoms with van der Waals surface area (Å²) in [6.45, 7) is 2.00. The summed E-state index contributed by atoms with van der Waals surface area (Å²) < 4.78 is 5.60. The molecular weight excluding hydrogens is 284 g/mol. The largest absolute Gasteiger partial charge is 0.426 e. The Kier molecular flexibility index (Phi) is 4.53. The van der Waals surface area contributed by atoms with Crippen LogP contribution in [0.3, 0.4) is 0 Å². The number of esters is 1. The van der Waals surface area contributed by atoms with Gasteiger partial charge in [-0.1, -0.05) is 78.4 Å². The molecule has 0 aliphatic carbocycles. The standard InChI is InChI=1S/C21H18O2/c1-16-12-14-19(15-13-16)23-21(22)20(17-8-4-2-5-9-17)18-10-6-3-7-11-18/h2-15,20H,1H3. The molecule has 114 valence electrons. The molecule has 0 amide bonds. The zero-order chi connectivity index (χ0) is 16.1. The summed E-state index contributed by atoms with van der Waals surface area (Å²) >= 11 is 0. The van der Waals surface area contributed by atoms with Gasteiger partial charge >= 0.3 is 5.97 Å². The van der Waals surface area contributed by atoms with Crippen molar-refractivity contribution in [2.24, 2.45) is 0 Å². The third-order valence-electron chi connectivity index (χ3n) is 3.74. The number of ether oxygens (including phenoxy) is 1. The Morgan fingerprint density at radius 3 is 1.70 bits per heavy atom. The van der Waals surface area contributed by atoms with Gasteiger partial charge in [0.1, 0.15) is 11.7 Å². The van der Waals surface area contributed by atoms with Gasteiger partial charge in [0.25, 0.3) is 0 Å². The fourth-order valence-corrected chi connectivity index (χ4v) is 2.54. The summed E-state index contributed by atoms with van der Waals surface area (Å²) in [5.74, 6) is -0.137. The van der Waals surface area contributed by atoms with E-state index in [1.165, 1.54) is 0 Å². The van der Waals surface area contributed by atoms with Crippen molar-refractivity contribution in [3.8, 4) is 5.75 Å². The molecule has 0 heterocycles. The summed E-state index contributed by atoms with van der Waals surface area (Å²) in [6, 6.07) is 26.9. The van der Waals surface area contributed by atoms with Crippen LogP contribution in [0.2, 0.25) is 0 Å². The predicted molar refractivity (Wildman–Crippen MR) is 91.5 cm³/mol. The van der Waals surface area contributed by atoms with Crippen LogP contribution >= 0.6 is 0 Å². The molecule has 0 saturated heterocycles. The van der Waals surface area contributed by atoms with E-state index in [9.17, 15) is 4.79 Å². The van der Waals surface area contributed by atoms with E-state index in [1.807, 2.05) is 91.9 Å². The molecule has 3 aromatic carbocycles. The second-order valence-electron chi connectivity index (χ2n) is 5.49. The lowest BCUT2D eigenvalue weighted by Gasteiger charge is -2.17. The van der Waals surface area contributed by atoms with E-state index in [-0.39, 0.29) is 5.97 Å². The second kappa shape index (κ2) is 6.93. The monoisotopic (exact) mass is 302 g/mol. The van der Waals surface area contributed by atoms with Crippen LogP contribution in [0.15, 0.2) is 84.9 Å². The Balaban J connectivity index is 1.92. The highest BCUT2D eigenvalue weighted by Gasteiger charge is 2.24. The van der Waals surface area contributed by atoms with E-state index in [0.29, 0.717) is 5.75 Å². The van der Waals surface area contributed by atoms with Crippen molar-refractivity contribution in [2.75, 3.05) is 0 Å². The first kappa shape index (κ1) is 15.0. The minimum absolute atomic E-state index is 0.272. The molecule has 0 aliphatic heterocycles. The highest BCUT2D eigenvalue weighted by atomic mass is 16.5. The lowest BCUT2D eigenvalue weighted by molar-refractivity contribution is -0.135. The number of carbonyl (C=O) groups excluding carboxylic acids is 1. The lowest BCUT2D eigenvalue weighted by atomic mass is 9.91. The van der Waals surface area contributed by atoms with Crippen molar-refractivity contribution in [1.82, 2.24) is 0 Å². The van der Waals surface area contributed by atoms with Gasteiger partial charge in [-0.2, -0.15) is 0 Å². The molecule has 3 rings (SSSR count). The topological polar surface area (TPSA) is 26.3 Å². The van der Waals surface area contributed by atoms with E-state index in [0.717, 1.165) is 16.7 Å². The molecule has 2 nitrogen and oxygen atoms in total. The smallest absolute Gasteiger partial charge is 0.323 e. The van der Waals surface area contributed by atoms with E-state index < -0.39 is 5.92 Å². The molecule has 0 spiro atoms. The van der Waals surface area contributed by atoms with Crippen molar-refractivity contribution in [2.45, 2.75) is 12.8 Å². The van der Waals surface area contributed by atoms with Gasteiger partial charge in [-0.3, -0.25) is 4.79 Å². The Labute approximate surface area is 136 Å². The number of benzene rings is 3. The van der Waals surface area contributed by atoms with Crippen LogP contribution in [-0.4, -0.2) is 5.97 Å². The third kappa shape index (κ3) is 3.67. The minimum atomic E-state index is -0.432. The molecule has 0 radical (unpaired) electrons. The first-order valence-electron chi connectivity index (χ1n) is 7.62. The second-order valence-corrected chi connectivity index (χ2v) is 5.49. The van der Waals surface area contributed by atoms with Crippen molar-refractivity contribution >= 4 is 5.97 Å². The maximum Gasteiger partial charge on any atom is 0.323 e. The number of aryl methyl sites for hydroxylation is 1. The molecule has 0 unspecified atom stereocenters. The van der Waals surface area contributed by atoms with Crippen LogP contribution in [0.1, 0.15) is 22.6 Å². The SMILES string of the molecule is Cc1ccc(OC(=O)C(c2ccccc2)c2ccccc2)cc1. The van der Waals surface area contributed by atoms with Gasteiger partial charge in [0, 0.05) is 0 Å². The molecule has 3 aromatic rings. The Bertz CT molecular complexity index is 722. The van der Waals surface area contributed by atoms with Gasteiger partial charge in [-0.05, 0) is 30.2 Å². The molecule has 0 saturated carbocycles. The van der Waals surface area contributed by atoms with Crippen LogP contribution in [0.4, 0.5) is 0 Å². The highest BCUT2D eigenvalue weighted by molar-refractivity contribution is 5.84. The Morgan fingerprint density at radius 2 is 1.22 bits per heavy atom. The molecule has 0 bridgehead atoms. The lowest BCUT2D eigenvalue weighted by Crippen LogP contribution is -2.20. The molecule has 23 heavy (non-hydrogen) atoms. The molecule has 0 N–H and O–H groups in total. The molecule has 0 aliphatic rings. The average Bonchev–Trinajstić information content (AvgIpc) is 2.59. The van der Waals surface area contributed by atoms with Gasteiger partial charge in [0.2, 0.25) is 0 Å². The van der Waals surface area contributed by atoms with Crippen LogP contribution in [0.5, 0.6) is 5.75 Å². The maximum atomic E-state index is 12.8. The predicted octanol–water partition coefficient (Wildman–Crippen LogP) is 4.73. The zero-order valence-corrected chi connectivity index (χ0v) is 13.0. The molecule has 0 aromatic heterocycles. The number of hydrogen-bond donors (Lipinski definition) is 0. The number of carbonyl (C=O) groups is 1. The quantitative estimate of drug-likeness (QED) is 0.514. The van der Waals surface area contributed by atoms with E-state index in [1.54, 1.807) is 0 Å². The third-order valence-corrected chi connectivity index (χ3v) is 3.74. The van der Waals surface area contributed by atoms with Gasteiger partial charge in [-0.15, -0.1) is 0 Å². The average molecular weight is 302 g/mol. The van der Waals surface area contributed by atoms with Crippen LogP contribution in [0, 0.1) is 6.92 Å². The fraction of sp³-hybridized carbons (Fsp3) is 0.0952. The summed E-state index contributed by atoms with van der Waals surface area (Å²) in [5, 5.41) is 0. The first-order valence-corrected chi connectivity index (χ1v) is 7.62. The van der Waals surface area contributed by atoms with Crippen molar-refractivity contribution < 1.29 is 9.53 Å². The number of hydrogen-bond acceptors (Lipinski definition) is 2. The van der Waals surface area contributed by atoms with E-state index >= 15 is 0 Å². The summed E-state index contributed by atoms with van der Waals surface area (Å²) in [7, 11) is 0. The van der Waals surface area contributed by atoms with Gasteiger partial charge in [-0.25, -0.2) is 0 Å². The normalized spacial score (nSPS) is 10.5. The van der Waals surface area contributed by atoms with Crippen LogP contribution in [0.25, 0.3) is 0 Å². The first-order chi connectivity index (χ1) is 11.2. The van der Waals surface area contributed by atoms with Crippen LogP contribution < -0.4 is 4.74 Å². The maximum absolute atomic E-state index is 12.8. The fourth-order valence-electron chi connectivity index (χ4n) is 2.54. The summed E-state index contributed by atoms with van der Waals surface area (Å²) in [4.78, 5) is 12.8. The zero-order valence-electron chi connectivity index (χ0n) is 13.0.